The molecule has 0 bridgehead atoms. The average molecular weight is 266 g/mol. The summed E-state index contributed by atoms with van der Waals surface area (Å²) in [5.41, 5.74) is 0. The Morgan fingerprint density at radius 1 is 1.53 bits per heavy atom. The molecule has 0 aliphatic rings. The van der Waals surface area contributed by atoms with Crippen LogP contribution in [0.15, 0.2) is 28.9 Å². The molecule has 1 unspecified atom stereocenters. The zero-order chi connectivity index (χ0) is 14.1. The Labute approximate surface area is 111 Å². The van der Waals surface area contributed by atoms with Crippen molar-refractivity contribution in [2.24, 2.45) is 0 Å². The van der Waals surface area contributed by atoms with Crippen LogP contribution in [0.1, 0.15) is 19.1 Å². The number of rotatable bonds is 7. The Morgan fingerprint density at radius 3 is 2.95 bits per heavy atom. The van der Waals surface area contributed by atoms with E-state index in [1.807, 2.05) is 0 Å². The van der Waals surface area contributed by atoms with Crippen molar-refractivity contribution in [2.75, 3.05) is 13.2 Å². The number of hydrogen-bond acceptors (Lipinski definition) is 4. The van der Waals surface area contributed by atoms with E-state index >= 15 is 0 Å². The van der Waals surface area contributed by atoms with Gasteiger partial charge in [-0.15, -0.1) is 0 Å². The van der Waals surface area contributed by atoms with Crippen LogP contribution in [0.3, 0.4) is 0 Å². The molecular formula is C13H18N2O4. The van der Waals surface area contributed by atoms with E-state index < -0.39 is 0 Å². The summed E-state index contributed by atoms with van der Waals surface area (Å²) in [6.07, 6.45) is 4.57. The van der Waals surface area contributed by atoms with Gasteiger partial charge in [0.15, 0.2) is 0 Å². The summed E-state index contributed by atoms with van der Waals surface area (Å²) < 4.78 is 5.03. The predicted molar refractivity (Wildman–Crippen MR) is 70.1 cm³/mol. The van der Waals surface area contributed by atoms with Crippen LogP contribution in [0, 0.1) is 0 Å². The van der Waals surface area contributed by atoms with Crippen LogP contribution in [0.2, 0.25) is 0 Å². The van der Waals surface area contributed by atoms with Crippen molar-refractivity contribution in [3.05, 3.63) is 30.2 Å². The van der Waals surface area contributed by atoms with Gasteiger partial charge in [-0.3, -0.25) is 9.59 Å². The monoisotopic (exact) mass is 266 g/mol. The molecule has 0 aliphatic heterocycles. The van der Waals surface area contributed by atoms with Gasteiger partial charge in [-0.2, -0.15) is 0 Å². The number of aliphatic hydroxyl groups is 1. The van der Waals surface area contributed by atoms with Crippen LogP contribution >= 0.6 is 0 Å². The second-order valence-corrected chi connectivity index (χ2v) is 4.04. The number of hydrogen-bond donors (Lipinski definition) is 3. The summed E-state index contributed by atoms with van der Waals surface area (Å²) in [6, 6.07) is 3.18. The molecule has 19 heavy (non-hydrogen) atoms. The molecule has 1 aromatic heterocycles. The van der Waals surface area contributed by atoms with Crippen LogP contribution in [-0.2, 0) is 9.59 Å². The molecule has 1 rings (SSSR count). The molecule has 0 saturated carbocycles. The number of furan rings is 1. The van der Waals surface area contributed by atoms with Gasteiger partial charge in [0.05, 0.1) is 12.9 Å². The summed E-state index contributed by atoms with van der Waals surface area (Å²) in [5.74, 6) is 0.0842. The first kappa shape index (κ1) is 15.0. The lowest BCUT2D eigenvalue weighted by Gasteiger charge is -2.10. The molecule has 6 nitrogen and oxygen atoms in total. The van der Waals surface area contributed by atoms with Gasteiger partial charge in [0.25, 0.3) is 0 Å². The highest BCUT2D eigenvalue weighted by molar-refractivity contribution is 5.91. The molecular weight excluding hydrogens is 248 g/mol. The number of amides is 2. The van der Waals surface area contributed by atoms with Gasteiger partial charge < -0.3 is 20.2 Å². The van der Waals surface area contributed by atoms with Crippen molar-refractivity contribution < 1.29 is 19.1 Å². The maximum atomic E-state index is 11.4. The Kier molecular flexibility index (Phi) is 6.38. The Bertz CT molecular complexity index is 426. The van der Waals surface area contributed by atoms with E-state index in [2.05, 4.69) is 10.6 Å². The lowest BCUT2D eigenvalue weighted by atomic mass is 10.3. The normalized spacial score (nSPS) is 12.3. The van der Waals surface area contributed by atoms with Gasteiger partial charge in [0.1, 0.15) is 5.76 Å². The number of carbonyl (C=O) groups is 2. The topological polar surface area (TPSA) is 91.6 Å². The smallest absolute Gasteiger partial charge is 0.244 e. The van der Waals surface area contributed by atoms with Crippen molar-refractivity contribution in [2.45, 2.75) is 19.4 Å². The van der Waals surface area contributed by atoms with E-state index in [9.17, 15) is 9.59 Å². The molecule has 0 aliphatic carbocycles. The molecule has 0 radical (unpaired) electrons. The van der Waals surface area contributed by atoms with E-state index in [1.165, 1.54) is 12.3 Å². The Morgan fingerprint density at radius 2 is 2.32 bits per heavy atom. The van der Waals surface area contributed by atoms with Crippen LogP contribution in [0.4, 0.5) is 0 Å². The summed E-state index contributed by atoms with van der Waals surface area (Å²) in [4.78, 5) is 22.7. The van der Waals surface area contributed by atoms with E-state index in [1.54, 1.807) is 25.1 Å². The molecule has 1 atom stereocenters. The van der Waals surface area contributed by atoms with Crippen LogP contribution in [0.25, 0.3) is 6.08 Å². The summed E-state index contributed by atoms with van der Waals surface area (Å²) in [5, 5.41) is 13.9. The highest BCUT2D eigenvalue weighted by Crippen LogP contribution is 2.01. The highest BCUT2D eigenvalue weighted by atomic mass is 16.3. The molecule has 3 N–H and O–H groups in total. The van der Waals surface area contributed by atoms with E-state index in [0.717, 1.165) is 0 Å². The van der Waals surface area contributed by atoms with Crippen molar-refractivity contribution in [1.82, 2.24) is 10.6 Å². The fourth-order valence-electron chi connectivity index (χ4n) is 1.29. The van der Waals surface area contributed by atoms with Gasteiger partial charge in [0.2, 0.25) is 11.8 Å². The zero-order valence-electron chi connectivity index (χ0n) is 10.8. The molecule has 104 valence electrons. The highest BCUT2D eigenvalue weighted by Gasteiger charge is 2.06. The first-order valence-electron chi connectivity index (χ1n) is 6.01. The second-order valence-electron chi connectivity index (χ2n) is 4.04. The van der Waals surface area contributed by atoms with Crippen molar-refractivity contribution in [1.29, 1.82) is 0 Å². The first-order valence-corrected chi connectivity index (χ1v) is 6.01. The fraction of sp³-hybridized carbons (Fsp3) is 0.385. The summed E-state index contributed by atoms with van der Waals surface area (Å²) in [7, 11) is 0. The molecule has 6 heteroatoms. The molecule has 0 fully saturated rings. The van der Waals surface area contributed by atoms with Gasteiger partial charge >= 0.3 is 0 Å². The third-order valence-electron chi connectivity index (χ3n) is 2.27. The third-order valence-corrected chi connectivity index (χ3v) is 2.27. The average Bonchev–Trinajstić information content (AvgIpc) is 2.89. The number of nitrogens with one attached hydrogen (secondary N) is 2. The maximum Gasteiger partial charge on any atom is 0.244 e. The van der Waals surface area contributed by atoms with E-state index in [0.29, 0.717) is 5.76 Å². The molecule has 1 heterocycles. The largest absolute Gasteiger partial charge is 0.465 e. The van der Waals surface area contributed by atoms with Gasteiger partial charge in [-0.25, -0.2) is 0 Å². The SMILES string of the molecule is CC(CO)NC(=O)CCNC(=O)/C=C/c1ccco1. The van der Waals surface area contributed by atoms with Gasteiger partial charge in [-0.05, 0) is 25.1 Å². The van der Waals surface area contributed by atoms with Crippen molar-refractivity contribution in [3.63, 3.8) is 0 Å². The van der Waals surface area contributed by atoms with Crippen LogP contribution in [-0.4, -0.2) is 36.1 Å². The fourth-order valence-corrected chi connectivity index (χ4v) is 1.29. The third kappa shape index (κ3) is 6.42. The van der Waals surface area contributed by atoms with Crippen molar-refractivity contribution >= 4 is 17.9 Å². The maximum absolute atomic E-state index is 11.4. The lowest BCUT2D eigenvalue weighted by Crippen LogP contribution is -2.37. The van der Waals surface area contributed by atoms with Gasteiger partial charge in [0, 0.05) is 25.1 Å². The standard InChI is InChI=1S/C13H18N2O4/c1-10(9-16)15-13(18)6-7-14-12(17)5-4-11-3-2-8-19-11/h2-5,8,10,16H,6-7,9H2,1H3,(H,14,17)(H,15,18)/b5-4+. The predicted octanol–water partition coefficient (Wildman–Crippen LogP) is 0.296. The van der Waals surface area contributed by atoms with Crippen molar-refractivity contribution in [3.8, 4) is 0 Å². The van der Waals surface area contributed by atoms with E-state index in [-0.39, 0.29) is 37.4 Å². The quantitative estimate of drug-likeness (QED) is 0.619. The van der Waals surface area contributed by atoms with Gasteiger partial charge in [-0.1, -0.05) is 0 Å². The minimum absolute atomic E-state index is 0.107. The molecule has 0 aromatic carbocycles. The Balaban J connectivity index is 2.18. The minimum atomic E-state index is -0.292. The first-order chi connectivity index (χ1) is 9.11. The second kappa shape index (κ2) is 8.10. The lowest BCUT2D eigenvalue weighted by molar-refractivity contribution is -0.122. The van der Waals surface area contributed by atoms with Crippen LogP contribution in [0.5, 0.6) is 0 Å². The van der Waals surface area contributed by atoms with E-state index in [4.69, 9.17) is 9.52 Å². The number of carbonyl (C=O) groups excluding carboxylic acids is 2. The Hall–Kier alpha value is -2.08. The molecule has 1 aromatic rings. The number of aliphatic hydroxyl groups excluding tert-OH is 1. The summed E-state index contributed by atoms with van der Waals surface area (Å²) in [6.45, 7) is 1.83. The molecule has 0 saturated heterocycles. The summed E-state index contributed by atoms with van der Waals surface area (Å²) >= 11 is 0. The van der Waals surface area contributed by atoms with Crippen LogP contribution < -0.4 is 10.6 Å². The zero-order valence-corrected chi connectivity index (χ0v) is 10.8. The molecule has 0 spiro atoms. The minimum Gasteiger partial charge on any atom is -0.465 e. The molecule has 2 amide bonds.